The highest BCUT2D eigenvalue weighted by molar-refractivity contribution is 5.81. The molecule has 0 radical (unpaired) electrons. The molecule has 4 nitrogen and oxygen atoms in total. The lowest BCUT2D eigenvalue weighted by Crippen LogP contribution is -2.37. The van der Waals surface area contributed by atoms with E-state index < -0.39 is 6.10 Å². The van der Waals surface area contributed by atoms with Crippen molar-refractivity contribution in [2.75, 3.05) is 0 Å². The average Bonchev–Trinajstić information content (AvgIpc) is 2.51. The highest BCUT2D eigenvalue weighted by Gasteiger charge is 2.17. The Bertz CT molecular complexity index is 584. The van der Waals surface area contributed by atoms with Crippen molar-refractivity contribution in [3.63, 3.8) is 0 Å². The van der Waals surface area contributed by atoms with E-state index in [1.54, 1.807) is 12.4 Å². The molecular formula is C17H20N2O2. The fourth-order valence-corrected chi connectivity index (χ4v) is 1.98. The molecule has 1 unspecified atom stereocenters. The van der Waals surface area contributed by atoms with Crippen molar-refractivity contribution in [3.8, 4) is 5.75 Å². The Morgan fingerprint density at radius 1 is 1.33 bits per heavy atom. The second-order valence-electron chi connectivity index (χ2n) is 4.91. The van der Waals surface area contributed by atoms with Crippen molar-refractivity contribution < 1.29 is 9.53 Å². The lowest BCUT2D eigenvalue weighted by Gasteiger charge is -2.17. The molecule has 110 valence electrons. The minimum absolute atomic E-state index is 0.108. The van der Waals surface area contributed by atoms with Crippen LogP contribution in [0.4, 0.5) is 0 Å². The Labute approximate surface area is 125 Å². The molecule has 0 bridgehead atoms. The van der Waals surface area contributed by atoms with Gasteiger partial charge in [0.25, 0.3) is 5.91 Å². The second-order valence-corrected chi connectivity index (χ2v) is 4.91. The van der Waals surface area contributed by atoms with Crippen LogP contribution >= 0.6 is 0 Å². The van der Waals surface area contributed by atoms with Crippen LogP contribution in [0.25, 0.3) is 0 Å². The molecule has 1 atom stereocenters. The van der Waals surface area contributed by atoms with Crippen molar-refractivity contribution in [3.05, 3.63) is 59.9 Å². The zero-order chi connectivity index (χ0) is 15.1. The van der Waals surface area contributed by atoms with Gasteiger partial charge in [-0.2, -0.15) is 0 Å². The molecule has 2 rings (SSSR count). The SMILES string of the molecule is CCC(Oc1cccc(C)c1)C(=O)NCc1cccnc1. The minimum atomic E-state index is -0.483. The third-order valence-corrected chi connectivity index (χ3v) is 3.12. The van der Waals surface area contributed by atoms with Crippen LogP contribution in [-0.4, -0.2) is 17.0 Å². The smallest absolute Gasteiger partial charge is 0.261 e. The van der Waals surface area contributed by atoms with E-state index in [1.165, 1.54) is 0 Å². The number of amides is 1. The van der Waals surface area contributed by atoms with Crippen molar-refractivity contribution >= 4 is 5.91 Å². The summed E-state index contributed by atoms with van der Waals surface area (Å²) in [6.45, 7) is 4.39. The molecule has 4 heteroatoms. The molecule has 0 fully saturated rings. The maximum absolute atomic E-state index is 12.2. The normalized spacial score (nSPS) is 11.7. The number of nitrogens with zero attached hydrogens (tertiary/aromatic N) is 1. The van der Waals surface area contributed by atoms with Gasteiger partial charge in [0.05, 0.1) is 0 Å². The molecule has 0 aliphatic rings. The Hall–Kier alpha value is -2.36. The second kappa shape index (κ2) is 7.43. The third-order valence-electron chi connectivity index (χ3n) is 3.12. The van der Waals surface area contributed by atoms with E-state index in [1.807, 2.05) is 50.2 Å². The van der Waals surface area contributed by atoms with Crippen molar-refractivity contribution in [1.29, 1.82) is 0 Å². The molecule has 1 heterocycles. The van der Waals surface area contributed by atoms with E-state index in [4.69, 9.17) is 4.74 Å². The molecule has 1 N–H and O–H groups in total. The largest absolute Gasteiger partial charge is 0.481 e. The summed E-state index contributed by atoms with van der Waals surface area (Å²) in [6.07, 6.45) is 3.58. The summed E-state index contributed by atoms with van der Waals surface area (Å²) in [7, 11) is 0. The van der Waals surface area contributed by atoms with Crippen LogP contribution in [0.1, 0.15) is 24.5 Å². The highest BCUT2D eigenvalue weighted by atomic mass is 16.5. The zero-order valence-electron chi connectivity index (χ0n) is 12.4. The lowest BCUT2D eigenvalue weighted by molar-refractivity contribution is -0.128. The summed E-state index contributed by atoms with van der Waals surface area (Å²) in [4.78, 5) is 16.2. The van der Waals surface area contributed by atoms with Crippen molar-refractivity contribution in [2.45, 2.75) is 32.9 Å². The number of hydrogen-bond acceptors (Lipinski definition) is 3. The van der Waals surface area contributed by atoms with Gasteiger partial charge in [0.2, 0.25) is 0 Å². The minimum Gasteiger partial charge on any atom is -0.481 e. The fourth-order valence-electron chi connectivity index (χ4n) is 1.98. The van der Waals surface area contributed by atoms with E-state index in [0.29, 0.717) is 13.0 Å². The number of hydrogen-bond donors (Lipinski definition) is 1. The molecule has 0 saturated carbocycles. The molecule has 0 spiro atoms. The first-order valence-electron chi connectivity index (χ1n) is 7.09. The Balaban J connectivity index is 1.92. The molecule has 1 aromatic heterocycles. The fraction of sp³-hybridized carbons (Fsp3) is 0.294. The van der Waals surface area contributed by atoms with Crippen LogP contribution in [0.2, 0.25) is 0 Å². The van der Waals surface area contributed by atoms with Crippen LogP contribution in [0.5, 0.6) is 5.75 Å². The van der Waals surface area contributed by atoms with Crippen LogP contribution in [0.3, 0.4) is 0 Å². The van der Waals surface area contributed by atoms with Gasteiger partial charge in [0.1, 0.15) is 5.75 Å². The summed E-state index contributed by atoms with van der Waals surface area (Å²) in [5.41, 5.74) is 2.08. The van der Waals surface area contributed by atoms with Gasteiger partial charge >= 0.3 is 0 Å². The van der Waals surface area contributed by atoms with E-state index in [0.717, 1.165) is 16.9 Å². The highest BCUT2D eigenvalue weighted by Crippen LogP contribution is 2.15. The quantitative estimate of drug-likeness (QED) is 0.887. The summed E-state index contributed by atoms with van der Waals surface area (Å²) >= 11 is 0. The monoisotopic (exact) mass is 284 g/mol. The number of ether oxygens (including phenoxy) is 1. The van der Waals surface area contributed by atoms with Gasteiger partial charge in [-0.3, -0.25) is 9.78 Å². The molecule has 2 aromatic rings. The molecule has 1 amide bonds. The number of pyridine rings is 1. The molecule has 21 heavy (non-hydrogen) atoms. The summed E-state index contributed by atoms with van der Waals surface area (Å²) < 4.78 is 5.77. The van der Waals surface area contributed by atoms with Gasteiger partial charge in [-0.15, -0.1) is 0 Å². The van der Waals surface area contributed by atoms with Gasteiger partial charge in [0.15, 0.2) is 6.10 Å². The molecular weight excluding hydrogens is 264 g/mol. The van der Waals surface area contributed by atoms with Crippen LogP contribution < -0.4 is 10.1 Å². The van der Waals surface area contributed by atoms with Crippen LogP contribution in [0.15, 0.2) is 48.8 Å². The predicted octanol–water partition coefficient (Wildman–Crippen LogP) is 2.86. The molecule has 0 aliphatic carbocycles. The number of aromatic nitrogens is 1. The standard InChI is InChI=1S/C17H20N2O2/c1-3-16(21-15-8-4-6-13(2)10-15)17(20)19-12-14-7-5-9-18-11-14/h4-11,16H,3,12H2,1-2H3,(H,19,20). The first-order valence-corrected chi connectivity index (χ1v) is 7.09. The molecule has 1 aromatic carbocycles. The summed E-state index contributed by atoms with van der Waals surface area (Å²) in [6, 6.07) is 11.5. The van der Waals surface area contributed by atoms with E-state index in [2.05, 4.69) is 10.3 Å². The van der Waals surface area contributed by atoms with E-state index in [9.17, 15) is 4.79 Å². The van der Waals surface area contributed by atoms with E-state index in [-0.39, 0.29) is 5.91 Å². The number of carbonyl (C=O) groups is 1. The zero-order valence-corrected chi connectivity index (χ0v) is 12.4. The lowest BCUT2D eigenvalue weighted by atomic mass is 10.2. The van der Waals surface area contributed by atoms with Crippen molar-refractivity contribution in [2.24, 2.45) is 0 Å². The van der Waals surface area contributed by atoms with Gasteiger partial charge in [-0.25, -0.2) is 0 Å². The third kappa shape index (κ3) is 4.60. The first-order chi connectivity index (χ1) is 10.2. The van der Waals surface area contributed by atoms with Gasteiger partial charge in [0, 0.05) is 18.9 Å². The van der Waals surface area contributed by atoms with Gasteiger partial charge in [-0.1, -0.05) is 25.1 Å². The van der Waals surface area contributed by atoms with Crippen LogP contribution in [0, 0.1) is 6.92 Å². The topological polar surface area (TPSA) is 51.2 Å². The number of rotatable bonds is 6. The average molecular weight is 284 g/mol. The van der Waals surface area contributed by atoms with Gasteiger partial charge < -0.3 is 10.1 Å². The number of aryl methyl sites for hydroxylation is 1. The Kier molecular flexibility index (Phi) is 5.32. The number of carbonyl (C=O) groups excluding carboxylic acids is 1. The number of nitrogens with one attached hydrogen (secondary N) is 1. The summed E-state index contributed by atoms with van der Waals surface area (Å²) in [5, 5.41) is 2.88. The molecule has 0 aliphatic heterocycles. The van der Waals surface area contributed by atoms with Gasteiger partial charge in [-0.05, 0) is 42.7 Å². The van der Waals surface area contributed by atoms with Crippen molar-refractivity contribution in [1.82, 2.24) is 10.3 Å². The maximum atomic E-state index is 12.2. The Morgan fingerprint density at radius 3 is 2.86 bits per heavy atom. The molecule has 0 saturated heterocycles. The predicted molar refractivity (Wildman–Crippen MR) is 82.0 cm³/mol. The maximum Gasteiger partial charge on any atom is 0.261 e. The number of benzene rings is 1. The van der Waals surface area contributed by atoms with E-state index >= 15 is 0 Å². The first kappa shape index (κ1) is 15.0. The summed E-state index contributed by atoms with van der Waals surface area (Å²) in [5.74, 6) is 0.612. The van der Waals surface area contributed by atoms with Crippen LogP contribution in [-0.2, 0) is 11.3 Å². The Morgan fingerprint density at radius 2 is 2.19 bits per heavy atom.